The molecule has 3 aromatic rings. The Morgan fingerprint density at radius 1 is 1.25 bits per heavy atom. The zero-order chi connectivity index (χ0) is 14.1. The summed E-state index contributed by atoms with van der Waals surface area (Å²) < 4.78 is 13.1. The van der Waals surface area contributed by atoms with E-state index in [0.717, 1.165) is 28.7 Å². The van der Waals surface area contributed by atoms with Crippen molar-refractivity contribution >= 4 is 22.5 Å². The van der Waals surface area contributed by atoms with Gasteiger partial charge in [0.15, 0.2) is 0 Å². The zero-order valence-corrected chi connectivity index (χ0v) is 10.6. The van der Waals surface area contributed by atoms with Crippen LogP contribution in [-0.2, 0) is 0 Å². The van der Waals surface area contributed by atoms with Gasteiger partial charge >= 0.3 is 0 Å². The van der Waals surface area contributed by atoms with Gasteiger partial charge in [-0.2, -0.15) is 5.10 Å². The van der Waals surface area contributed by atoms with Crippen LogP contribution in [0.1, 0.15) is 15.9 Å². The number of aryl methyl sites for hydroxylation is 1. The number of aromatic amines is 1. The van der Waals surface area contributed by atoms with E-state index in [0.29, 0.717) is 5.69 Å². The minimum atomic E-state index is -0.543. The number of rotatable bonds is 2. The number of benzene rings is 1. The molecule has 0 radical (unpaired) electrons. The van der Waals surface area contributed by atoms with E-state index in [-0.39, 0.29) is 5.56 Å². The number of pyridine rings is 1. The van der Waals surface area contributed by atoms with Crippen molar-refractivity contribution in [2.75, 3.05) is 5.32 Å². The second-order valence-electron chi connectivity index (χ2n) is 4.47. The van der Waals surface area contributed by atoms with E-state index in [1.807, 2.05) is 13.0 Å². The van der Waals surface area contributed by atoms with Gasteiger partial charge in [0.2, 0.25) is 0 Å². The number of nitrogens with zero attached hydrogens (tertiary/aromatic N) is 2. The smallest absolute Gasteiger partial charge is 0.257 e. The van der Waals surface area contributed by atoms with Gasteiger partial charge in [-0.15, -0.1) is 0 Å². The number of aromatic nitrogens is 3. The highest BCUT2D eigenvalue weighted by Crippen LogP contribution is 2.22. The molecule has 0 aliphatic carbocycles. The maximum Gasteiger partial charge on any atom is 0.257 e. The Morgan fingerprint density at radius 2 is 2.10 bits per heavy atom. The van der Waals surface area contributed by atoms with E-state index in [2.05, 4.69) is 20.5 Å². The Labute approximate surface area is 113 Å². The van der Waals surface area contributed by atoms with Gasteiger partial charge in [-0.05, 0) is 30.7 Å². The van der Waals surface area contributed by atoms with Crippen molar-refractivity contribution in [1.29, 1.82) is 0 Å². The molecule has 1 aromatic carbocycles. The molecule has 2 aromatic heterocycles. The molecule has 0 bridgehead atoms. The van der Waals surface area contributed by atoms with Gasteiger partial charge in [-0.25, -0.2) is 4.39 Å². The summed E-state index contributed by atoms with van der Waals surface area (Å²) in [7, 11) is 0. The number of hydrogen-bond donors (Lipinski definition) is 2. The lowest BCUT2D eigenvalue weighted by Gasteiger charge is -2.08. The predicted molar refractivity (Wildman–Crippen MR) is 73.0 cm³/mol. The number of hydrogen-bond acceptors (Lipinski definition) is 3. The maximum absolute atomic E-state index is 13.1. The summed E-state index contributed by atoms with van der Waals surface area (Å²) in [5, 5.41) is 10.5. The van der Waals surface area contributed by atoms with E-state index >= 15 is 0 Å². The van der Waals surface area contributed by atoms with Gasteiger partial charge in [0.1, 0.15) is 5.82 Å². The highest BCUT2D eigenvalue weighted by atomic mass is 19.1. The molecule has 0 fully saturated rings. The molecule has 0 saturated heterocycles. The summed E-state index contributed by atoms with van der Waals surface area (Å²) in [4.78, 5) is 15.7. The van der Waals surface area contributed by atoms with E-state index < -0.39 is 11.7 Å². The molecule has 5 nitrogen and oxygen atoms in total. The van der Waals surface area contributed by atoms with Crippen molar-refractivity contribution in [3.63, 3.8) is 0 Å². The molecular formula is C14H11FN4O. The maximum atomic E-state index is 13.1. The topological polar surface area (TPSA) is 70.7 Å². The molecule has 0 aliphatic rings. The van der Waals surface area contributed by atoms with Crippen LogP contribution in [-0.4, -0.2) is 21.1 Å². The normalized spacial score (nSPS) is 10.7. The third kappa shape index (κ3) is 2.23. The van der Waals surface area contributed by atoms with Gasteiger partial charge in [0.05, 0.1) is 23.5 Å². The lowest BCUT2D eigenvalue weighted by Crippen LogP contribution is -2.13. The molecule has 0 spiro atoms. The Balaban J connectivity index is 1.92. The molecule has 0 aliphatic heterocycles. The molecule has 0 atom stereocenters. The monoisotopic (exact) mass is 270 g/mol. The van der Waals surface area contributed by atoms with Crippen LogP contribution in [0.5, 0.6) is 0 Å². The first kappa shape index (κ1) is 12.3. The van der Waals surface area contributed by atoms with Gasteiger partial charge in [-0.3, -0.25) is 14.9 Å². The second-order valence-corrected chi connectivity index (χ2v) is 4.47. The van der Waals surface area contributed by atoms with E-state index in [9.17, 15) is 9.18 Å². The molecule has 100 valence electrons. The van der Waals surface area contributed by atoms with Crippen molar-refractivity contribution in [1.82, 2.24) is 15.2 Å². The first-order chi connectivity index (χ1) is 9.63. The van der Waals surface area contributed by atoms with E-state index in [4.69, 9.17) is 0 Å². The van der Waals surface area contributed by atoms with Crippen molar-refractivity contribution < 1.29 is 9.18 Å². The standard InChI is InChI=1S/C14H11FN4O/c1-8-2-9-6-17-19-13(9)4-12(8)18-14(20)10-3-11(15)7-16-5-10/h2-7H,1H3,(H,17,19)(H,18,20). The average Bonchev–Trinajstić information content (AvgIpc) is 2.86. The summed E-state index contributed by atoms with van der Waals surface area (Å²) in [6.07, 6.45) is 4.09. The fourth-order valence-corrected chi connectivity index (χ4v) is 1.97. The van der Waals surface area contributed by atoms with E-state index in [1.54, 1.807) is 12.3 Å². The van der Waals surface area contributed by atoms with Crippen LogP contribution in [0.2, 0.25) is 0 Å². The van der Waals surface area contributed by atoms with Crippen LogP contribution in [0, 0.1) is 12.7 Å². The number of anilines is 1. The molecular weight excluding hydrogens is 259 g/mol. The minimum absolute atomic E-state index is 0.175. The SMILES string of the molecule is Cc1cc2cn[nH]c2cc1NC(=O)c1cncc(F)c1. The number of nitrogens with one attached hydrogen (secondary N) is 2. The molecule has 20 heavy (non-hydrogen) atoms. The summed E-state index contributed by atoms with van der Waals surface area (Å²) in [6.45, 7) is 1.88. The molecule has 0 unspecified atom stereocenters. The Morgan fingerprint density at radius 3 is 2.90 bits per heavy atom. The van der Waals surface area contributed by atoms with Crippen molar-refractivity contribution in [2.45, 2.75) is 6.92 Å². The lowest BCUT2D eigenvalue weighted by molar-refractivity contribution is 0.102. The summed E-state index contributed by atoms with van der Waals surface area (Å²) in [6, 6.07) is 4.85. The van der Waals surface area contributed by atoms with Gasteiger partial charge in [0.25, 0.3) is 5.91 Å². The lowest BCUT2D eigenvalue weighted by atomic mass is 10.1. The van der Waals surface area contributed by atoms with Crippen LogP contribution >= 0.6 is 0 Å². The van der Waals surface area contributed by atoms with Gasteiger partial charge < -0.3 is 5.32 Å². The molecule has 1 amide bonds. The van der Waals surface area contributed by atoms with Crippen molar-refractivity contribution in [2.24, 2.45) is 0 Å². The summed E-state index contributed by atoms with van der Waals surface area (Å²) in [5.74, 6) is -0.947. The average molecular weight is 270 g/mol. The fraction of sp³-hybridized carbons (Fsp3) is 0.0714. The number of fused-ring (bicyclic) bond motifs is 1. The van der Waals surface area contributed by atoms with Crippen molar-refractivity contribution in [3.8, 4) is 0 Å². The molecule has 2 heterocycles. The third-order valence-corrected chi connectivity index (χ3v) is 3.00. The van der Waals surface area contributed by atoms with Crippen molar-refractivity contribution in [3.05, 3.63) is 53.7 Å². The second kappa shape index (κ2) is 4.73. The number of amides is 1. The molecule has 3 rings (SSSR count). The summed E-state index contributed by atoms with van der Waals surface area (Å²) in [5.41, 5.74) is 2.55. The molecule has 0 saturated carbocycles. The third-order valence-electron chi connectivity index (χ3n) is 3.00. The predicted octanol–water partition coefficient (Wildman–Crippen LogP) is 2.66. The minimum Gasteiger partial charge on any atom is -0.322 e. The van der Waals surface area contributed by atoms with Crippen LogP contribution in [0.3, 0.4) is 0 Å². The van der Waals surface area contributed by atoms with E-state index in [1.165, 1.54) is 6.20 Å². The van der Waals surface area contributed by atoms with Crippen LogP contribution in [0.15, 0.2) is 36.8 Å². The highest BCUT2D eigenvalue weighted by Gasteiger charge is 2.10. The first-order valence-corrected chi connectivity index (χ1v) is 5.99. The quantitative estimate of drug-likeness (QED) is 0.752. The fourth-order valence-electron chi connectivity index (χ4n) is 1.97. The molecule has 2 N–H and O–H groups in total. The largest absolute Gasteiger partial charge is 0.322 e. The van der Waals surface area contributed by atoms with Gasteiger partial charge in [0, 0.05) is 17.3 Å². The zero-order valence-electron chi connectivity index (χ0n) is 10.6. The Hall–Kier alpha value is -2.76. The molecule has 6 heteroatoms. The van der Waals surface area contributed by atoms with Crippen LogP contribution in [0.25, 0.3) is 10.9 Å². The van der Waals surface area contributed by atoms with Gasteiger partial charge in [-0.1, -0.05) is 0 Å². The van der Waals surface area contributed by atoms with Crippen LogP contribution in [0.4, 0.5) is 10.1 Å². The number of halogens is 1. The Bertz CT molecular complexity index is 797. The number of H-pyrrole nitrogens is 1. The number of carbonyl (C=O) groups is 1. The highest BCUT2D eigenvalue weighted by molar-refractivity contribution is 6.05. The summed E-state index contributed by atoms with van der Waals surface area (Å²) >= 11 is 0. The Kier molecular flexibility index (Phi) is 2.90. The number of carbonyl (C=O) groups excluding carboxylic acids is 1. The first-order valence-electron chi connectivity index (χ1n) is 5.99. The van der Waals surface area contributed by atoms with Crippen LogP contribution < -0.4 is 5.32 Å².